The van der Waals surface area contributed by atoms with E-state index >= 15 is 0 Å². The van der Waals surface area contributed by atoms with Crippen LogP contribution in [0.25, 0.3) is 0 Å². The van der Waals surface area contributed by atoms with Crippen molar-refractivity contribution >= 4 is 17.5 Å². The Morgan fingerprint density at radius 1 is 1.26 bits per heavy atom. The molecule has 19 heavy (non-hydrogen) atoms. The van der Waals surface area contributed by atoms with E-state index < -0.39 is 0 Å². The minimum atomic E-state index is -0.164. The van der Waals surface area contributed by atoms with Crippen molar-refractivity contribution in [2.24, 2.45) is 11.8 Å². The third-order valence-corrected chi connectivity index (χ3v) is 5.40. The van der Waals surface area contributed by atoms with Gasteiger partial charge in [-0.15, -0.1) is 11.6 Å². The van der Waals surface area contributed by atoms with Crippen LogP contribution >= 0.6 is 11.6 Å². The predicted molar refractivity (Wildman–Crippen MR) is 77.4 cm³/mol. The summed E-state index contributed by atoms with van der Waals surface area (Å²) in [5, 5.41) is 3.10. The van der Waals surface area contributed by atoms with Crippen molar-refractivity contribution < 1.29 is 9.53 Å². The molecule has 0 heterocycles. The van der Waals surface area contributed by atoms with E-state index in [0.29, 0.717) is 18.3 Å². The molecule has 2 rings (SSSR count). The summed E-state index contributed by atoms with van der Waals surface area (Å²) in [6.45, 7) is 0.788. The van der Waals surface area contributed by atoms with Crippen LogP contribution in [0.3, 0.4) is 0 Å². The molecule has 110 valence electrons. The van der Waals surface area contributed by atoms with Crippen LogP contribution < -0.4 is 5.32 Å². The molecule has 4 heteroatoms. The number of carbonyl (C=O) groups excluding carboxylic acids is 1. The van der Waals surface area contributed by atoms with E-state index in [9.17, 15) is 4.79 Å². The maximum Gasteiger partial charge on any atom is 0.222 e. The van der Waals surface area contributed by atoms with Gasteiger partial charge in [-0.05, 0) is 43.9 Å². The minimum Gasteiger partial charge on any atom is -0.378 e. The Morgan fingerprint density at radius 3 is 2.47 bits per heavy atom. The second kappa shape index (κ2) is 6.94. The van der Waals surface area contributed by atoms with Crippen molar-refractivity contribution in [2.75, 3.05) is 19.5 Å². The topological polar surface area (TPSA) is 38.3 Å². The summed E-state index contributed by atoms with van der Waals surface area (Å²) in [7, 11) is 1.72. The zero-order chi connectivity index (χ0) is 13.7. The highest BCUT2D eigenvalue weighted by Gasteiger charge is 2.39. The zero-order valence-corrected chi connectivity index (χ0v) is 12.7. The maximum absolute atomic E-state index is 12.0. The van der Waals surface area contributed by atoms with Gasteiger partial charge in [0.15, 0.2) is 0 Å². The van der Waals surface area contributed by atoms with Crippen LogP contribution in [-0.4, -0.2) is 31.0 Å². The van der Waals surface area contributed by atoms with E-state index in [1.165, 1.54) is 32.1 Å². The monoisotopic (exact) mass is 287 g/mol. The summed E-state index contributed by atoms with van der Waals surface area (Å²) >= 11 is 6.02. The van der Waals surface area contributed by atoms with Gasteiger partial charge < -0.3 is 10.1 Å². The number of nitrogens with one attached hydrogen (secondary N) is 1. The Bertz CT molecular complexity index is 299. The Hall–Kier alpha value is -0.280. The van der Waals surface area contributed by atoms with Gasteiger partial charge in [-0.25, -0.2) is 0 Å². The average Bonchev–Trinajstić information content (AvgIpc) is 2.41. The van der Waals surface area contributed by atoms with Crippen molar-refractivity contribution in [3.8, 4) is 0 Å². The number of alkyl halides is 1. The molecule has 2 aliphatic carbocycles. The van der Waals surface area contributed by atoms with Gasteiger partial charge in [0.2, 0.25) is 5.91 Å². The summed E-state index contributed by atoms with van der Waals surface area (Å²) in [5.74, 6) is 2.01. The summed E-state index contributed by atoms with van der Waals surface area (Å²) in [4.78, 5) is 12.0. The van der Waals surface area contributed by atoms with Gasteiger partial charge in [-0.2, -0.15) is 0 Å². The molecule has 0 bridgehead atoms. The molecule has 1 amide bonds. The van der Waals surface area contributed by atoms with Gasteiger partial charge in [-0.1, -0.05) is 12.8 Å². The first-order valence-electron chi connectivity index (χ1n) is 7.57. The van der Waals surface area contributed by atoms with E-state index in [1.54, 1.807) is 7.11 Å². The van der Waals surface area contributed by atoms with Crippen molar-refractivity contribution in [1.82, 2.24) is 5.32 Å². The molecule has 0 aliphatic heterocycles. The first kappa shape index (κ1) is 15.1. The molecule has 2 aliphatic rings. The van der Waals surface area contributed by atoms with Gasteiger partial charge in [0, 0.05) is 19.5 Å². The number of halogens is 1. The van der Waals surface area contributed by atoms with Crippen LogP contribution in [0.4, 0.5) is 0 Å². The second-order valence-corrected chi connectivity index (χ2v) is 6.49. The normalized spacial score (nSPS) is 29.6. The maximum atomic E-state index is 12.0. The number of rotatable bonds is 6. The Kier molecular flexibility index (Phi) is 5.52. The molecule has 0 aromatic heterocycles. The Labute approximate surface area is 121 Å². The first-order chi connectivity index (χ1) is 9.19. The number of hydrogen-bond acceptors (Lipinski definition) is 2. The van der Waals surface area contributed by atoms with Crippen molar-refractivity contribution in [3.63, 3.8) is 0 Å². The number of hydrogen-bond donors (Lipinski definition) is 1. The van der Waals surface area contributed by atoms with Gasteiger partial charge in [-0.3, -0.25) is 4.79 Å². The van der Waals surface area contributed by atoms with Crippen molar-refractivity contribution in [3.05, 3.63) is 0 Å². The summed E-state index contributed by atoms with van der Waals surface area (Å²) in [6, 6.07) is 0. The standard InChI is InChI=1S/C15H26ClNO2/c1-19-15(7-4-8-15)9-14(18)17-11-13-6-3-2-5-12(13)10-16/h12-13H,2-11H2,1H3,(H,17,18). The van der Waals surface area contributed by atoms with Gasteiger partial charge in [0.05, 0.1) is 12.0 Å². The molecule has 1 N–H and O–H groups in total. The molecule has 2 saturated carbocycles. The SMILES string of the molecule is COC1(CC(=O)NCC2CCCCC2CCl)CCC1. The average molecular weight is 288 g/mol. The molecule has 2 unspecified atom stereocenters. The van der Waals surface area contributed by atoms with Crippen LogP contribution in [0.5, 0.6) is 0 Å². The highest BCUT2D eigenvalue weighted by atomic mass is 35.5. The van der Waals surface area contributed by atoms with Gasteiger partial charge in [0.1, 0.15) is 0 Å². The van der Waals surface area contributed by atoms with E-state index in [2.05, 4.69) is 5.32 Å². The van der Waals surface area contributed by atoms with Gasteiger partial charge >= 0.3 is 0 Å². The lowest BCUT2D eigenvalue weighted by molar-refractivity contribution is -0.134. The lowest BCUT2D eigenvalue weighted by Gasteiger charge is -2.40. The minimum absolute atomic E-state index is 0.139. The Balaban J connectivity index is 1.73. The number of ether oxygens (including phenoxy) is 1. The lowest BCUT2D eigenvalue weighted by Crippen LogP contribution is -2.45. The summed E-state index contributed by atoms with van der Waals surface area (Å²) in [6.07, 6.45) is 8.71. The van der Waals surface area contributed by atoms with E-state index in [1.807, 2.05) is 0 Å². The van der Waals surface area contributed by atoms with Crippen LogP contribution in [0.15, 0.2) is 0 Å². The van der Waals surface area contributed by atoms with E-state index in [-0.39, 0.29) is 11.5 Å². The third kappa shape index (κ3) is 3.85. The van der Waals surface area contributed by atoms with Crippen LogP contribution in [0.1, 0.15) is 51.4 Å². The van der Waals surface area contributed by atoms with Crippen LogP contribution in [0.2, 0.25) is 0 Å². The molecule has 3 nitrogen and oxygen atoms in total. The predicted octanol–water partition coefficient (Wildman–Crippen LogP) is 3.11. The quantitative estimate of drug-likeness (QED) is 0.762. The highest BCUT2D eigenvalue weighted by Crippen LogP contribution is 2.38. The fraction of sp³-hybridized carbons (Fsp3) is 0.933. The van der Waals surface area contributed by atoms with Crippen molar-refractivity contribution in [1.29, 1.82) is 0 Å². The second-order valence-electron chi connectivity index (χ2n) is 6.18. The summed E-state index contributed by atoms with van der Waals surface area (Å²) in [5.41, 5.74) is -0.164. The molecule has 0 saturated heterocycles. The third-order valence-electron chi connectivity index (χ3n) is 5.01. The lowest BCUT2D eigenvalue weighted by atomic mass is 9.77. The largest absolute Gasteiger partial charge is 0.378 e. The zero-order valence-electron chi connectivity index (χ0n) is 11.9. The fourth-order valence-electron chi connectivity index (χ4n) is 3.38. The van der Waals surface area contributed by atoms with E-state index in [0.717, 1.165) is 25.3 Å². The molecular formula is C15H26ClNO2. The molecule has 0 spiro atoms. The molecular weight excluding hydrogens is 262 g/mol. The van der Waals surface area contributed by atoms with Gasteiger partial charge in [0.25, 0.3) is 0 Å². The smallest absolute Gasteiger partial charge is 0.222 e. The van der Waals surface area contributed by atoms with E-state index in [4.69, 9.17) is 16.3 Å². The number of amides is 1. The fourth-order valence-corrected chi connectivity index (χ4v) is 3.79. The summed E-state index contributed by atoms with van der Waals surface area (Å²) < 4.78 is 5.50. The molecule has 2 fully saturated rings. The highest BCUT2D eigenvalue weighted by molar-refractivity contribution is 6.18. The first-order valence-corrected chi connectivity index (χ1v) is 8.10. The number of methoxy groups -OCH3 is 1. The number of carbonyl (C=O) groups is 1. The van der Waals surface area contributed by atoms with Crippen molar-refractivity contribution in [2.45, 2.75) is 57.0 Å². The molecule has 0 radical (unpaired) electrons. The molecule has 2 atom stereocenters. The van der Waals surface area contributed by atoms with Crippen LogP contribution in [0, 0.1) is 11.8 Å². The molecule has 0 aromatic carbocycles. The van der Waals surface area contributed by atoms with Crippen LogP contribution in [-0.2, 0) is 9.53 Å². The Morgan fingerprint density at radius 2 is 1.95 bits per heavy atom. The molecule has 0 aromatic rings.